The van der Waals surface area contributed by atoms with Gasteiger partial charge in [-0.1, -0.05) is 73.2 Å². The lowest BCUT2D eigenvalue weighted by atomic mass is 10.1. The van der Waals surface area contributed by atoms with Gasteiger partial charge in [0.2, 0.25) is 0 Å². The minimum Gasteiger partial charge on any atom is -0.327 e. The van der Waals surface area contributed by atoms with Gasteiger partial charge in [-0.2, -0.15) is 0 Å². The third-order valence-corrected chi connectivity index (χ3v) is 7.49. The van der Waals surface area contributed by atoms with Crippen LogP contribution in [-0.4, -0.2) is 26.9 Å². The van der Waals surface area contributed by atoms with E-state index >= 15 is 0 Å². The van der Waals surface area contributed by atoms with Crippen LogP contribution in [0.1, 0.15) is 46.0 Å². The van der Waals surface area contributed by atoms with Gasteiger partial charge in [0.25, 0.3) is 11.5 Å². The number of hydrogen-bond donors (Lipinski definition) is 0. The van der Waals surface area contributed by atoms with Crippen LogP contribution in [0.15, 0.2) is 101 Å². The van der Waals surface area contributed by atoms with Crippen LogP contribution in [0.5, 0.6) is 0 Å². The molecule has 2 aromatic heterocycles. The first-order valence-corrected chi connectivity index (χ1v) is 13.4. The molecule has 0 radical (unpaired) electrons. The predicted molar refractivity (Wildman–Crippen MR) is 151 cm³/mol. The van der Waals surface area contributed by atoms with Gasteiger partial charge in [-0.05, 0) is 61.0 Å². The second-order valence-corrected chi connectivity index (χ2v) is 10.0. The molecular weight excluding hydrogens is 478 g/mol. The number of amides is 1. The number of thiophene rings is 1. The average molecular weight is 508 g/mol. The molecule has 0 spiro atoms. The number of hydrogen-bond acceptors (Lipinski definition) is 4. The van der Waals surface area contributed by atoms with Gasteiger partial charge < -0.3 is 4.90 Å². The van der Waals surface area contributed by atoms with Gasteiger partial charge in [0.1, 0.15) is 5.82 Å². The standard InChI is InChI=1S/C31H29N3O2S/c1-3-27(33(31(36)28-14-9-21-37-28)20-19-23-10-5-4-6-11-23)29-32-26-13-8-7-12-25(26)30(35)34(29)24-17-15-22(2)16-18-24/h4-18,21,27H,3,19-20H2,1-2H3. The quantitative estimate of drug-likeness (QED) is 0.238. The number of carbonyl (C=O) groups is 1. The monoisotopic (exact) mass is 507 g/mol. The molecule has 0 N–H and O–H groups in total. The van der Waals surface area contributed by atoms with Gasteiger partial charge >= 0.3 is 0 Å². The molecule has 0 aliphatic heterocycles. The molecule has 5 rings (SSSR count). The van der Waals surface area contributed by atoms with Crippen LogP contribution in [0.25, 0.3) is 16.6 Å². The summed E-state index contributed by atoms with van der Waals surface area (Å²) in [6.07, 6.45) is 1.32. The van der Waals surface area contributed by atoms with E-state index in [1.54, 1.807) is 4.57 Å². The van der Waals surface area contributed by atoms with Crippen LogP contribution >= 0.6 is 11.3 Å². The third-order valence-electron chi connectivity index (χ3n) is 6.63. The highest BCUT2D eigenvalue weighted by molar-refractivity contribution is 7.12. The zero-order valence-corrected chi connectivity index (χ0v) is 21.8. The number of benzene rings is 3. The van der Waals surface area contributed by atoms with Crippen LogP contribution < -0.4 is 5.56 Å². The minimum absolute atomic E-state index is 0.0457. The number of rotatable bonds is 8. The van der Waals surface area contributed by atoms with Crippen molar-refractivity contribution in [2.75, 3.05) is 6.54 Å². The van der Waals surface area contributed by atoms with Gasteiger partial charge in [-0.3, -0.25) is 14.2 Å². The lowest BCUT2D eigenvalue weighted by molar-refractivity contribution is 0.0667. The topological polar surface area (TPSA) is 55.2 Å². The smallest absolute Gasteiger partial charge is 0.266 e. The van der Waals surface area contributed by atoms with E-state index in [4.69, 9.17) is 4.98 Å². The molecule has 1 atom stereocenters. The molecule has 0 bridgehead atoms. The molecule has 6 heteroatoms. The molecule has 186 valence electrons. The Labute approximate surface area is 220 Å². The Morgan fingerprint density at radius 2 is 1.68 bits per heavy atom. The Morgan fingerprint density at radius 1 is 0.946 bits per heavy atom. The van der Waals surface area contributed by atoms with Gasteiger partial charge in [0, 0.05) is 6.54 Å². The number of nitrogens with zero attached hydrogens (tertiary/aromatic N) is 3. The maximum absolute atomic E-state index is 13.9. The number of carbonyl (C=O) groups excluding carboxylic acids is 1. The fourth-order valence-electron chi connectivity index (χ4n) is 4.69. The molecule has 1 amide bonds. The van der Waals surface area contributed by atoms with Crippen molar-refractivity contribution in [1.82, 2.24) is 14.5 Å². The van der Waals surface area contributed by atoms with E-state index in [1.165, 1.54) is 11.3 Å². The van der Waals surface area contributed by atoms with Gasteiger partial charge in [0.15, 0.2) is 0 Å². The first-order valence-electron chi connectivity index (χ1n) is 12.5. The lowest BCUT2D eigenvalue weighted by Gasteiger charge is -2.32. The zero-order chi connectivity index (χ0) is 25.8. The normalized spacial score (nSPS) is 11.9. The summed E-state index contributed by atoms with van der Waals surface area (Å²) >= 11 is 1.43. The molecule has 0 aliphatic carbocycles. The first kappa shape index (κ1) is 24.7. The van der Waals surface area contributed by atoms with E-state index in [1.807, 2.05) is 103 Å². The van der Waals surface area contributed by atoms with Crippen LogP contribution in [-0.2, 0) is 6.42 Å². The van der Waals surface area contributed by atoms with Crippen molar-refractivity contribution in [2.24, 2.45) is 0 Å². The fourth-order valence-corrected chi connectivity index (χ4v) is 5.37. The molecule has 5 aromatic rings. The molecule has 37 heavy (non-hydrogen) atoms. The highest BCUT2D eigenvalue weighted by atomic mass is 32.1. The summed E-state index contributed by atoms with van der Waals surface area (Å²) in [4.78, 5) is 35.3. The van der Waals surface area contributed by atoms with Gasteiger partial charge in [-0.15, -0.1) is 11.3 Å². The first-order chi connectivity index (χ1) is 18.1. The summed E-state index contributed by atoms with van der Waals surface area (Å²) in [5.41, 5.74) is 3.51. The summed E-state index contributed by atoms with van der Waals surface area (Å²) in [6.45, 7) is 4.57. The van der Waals surface area contributed by atoms with E-state index in [2.05, 4.69) is 12.1 Å². The lowest BCUT2D eigenvalue weighted by Crippen LogP contribution is -2.39. The Bertz CT molecular complexity index is 1560. The van der Waals surface area contributed by atoms with Gasteiger partial charge in [0.05, 0.1) is 27.5 Å². The van der Waals surface area contributed by atoms with E-state index in [-0.39, 0.29) is 11.5 Å². The second kappa shape index (κ2) is 10.9. The molecule has 3 aromatic carbocycles. The Balaban J connectivity index is 1.67. The van der Waals surface area contributed by atoms with Crippen LogP contribution in [0.2, 0.25) is 0 Å². The second-order valence-electron chi connectivity index (χ2n) is 9.10. The number of aryl methyl sites for hydroxylation is 1. The molecule has 1 unspecified atom stereocenters. The summed E-state index contributed by atoms with van der Waals surface area (Å²) in [6, 6.07) is 28.8. The molecule has 0 saturated carbocycles. The van der Waals surface area contributed by atoms with E-state index in [9.17, 15) is 9.59 Å². The molecule has 5 nitrogen and oxygen atoms in total. The fraction of sp³-hybridized carbons (Fsp3) is 0.194. The van der Waals surface area contributed by atoms with Crippen molar-refractivity contribution in [3.05, 3.63) is 129 Å². The largest absolute Gasteiger partial charge is 0.327 e. The van der Waals surface area contributed by atoms with Gasteiger partial charge in [-0.25, -0.2) is 4.98 Å². The van der Waals surface area contributed by atoms with Crippen molar-refractivity contribution in [1.29, 1.82) is 0 Å². The number of fused-ring (bicyclic) bond motifs is 1. The highest BCUT2D eigenvalue weighted by Crippen LogP contribution is 2.29. The highest BCUT2D eigenvalue weighted by Gasteiger charge is 2.30. The minimum atomic E-state index is -0.392. The third kappa shape index (κ3) is 5.11. The van der Waals surface area contributed by atoms with Crippen molar-refractivity contribution >= 4 is 28.1 Å². The summed E-state index contributed by atoms with van der Waals surface area (Å²) < 4.78 is 1.69. The molecular formula is C31H29N3O2S. The zero-order valence-electron chi connectivity index (χ0n) is 21.0. The maximum atomic E-state index is 13.9. The SMILES string of the molecule is CCC(c1nc2ccccc2c(=O)n1-c1ccc(C)cc1)N(CCc1ccccc1)C(=O)c1cccs1. The van der Waals surface area contributed by atoms with E-state index in [0.29, 0.717) is 41.0 Å². The van der Waals surface area contributed by atoms with Crippen molar-refractivity contribution in [3.8, 4) is 5.69 Å². The summed E-state index contributed by atoms with van der Waals surface area (Å²) in [5, 5.41) is 2.47. The summed E-state index contributed by atoms with van der Waals surface area (Å²) in [7, 11) is 0. The van der Waals surface area contributed by atoms with E-state index < -0.39 is 6.04 Å². The number of aromatic nitrogens is 2. The van der Waals surface area contributed by atoms with Crippen LogP contribution in [0.4, 0.5) is 0 Å². The molecule has 2 heterocycles. The predicted octanol–water partition coefficient (Wildman–Crippen LogP) is 6.59. The van der Waals surface area contributed by atoms with Crippen LogP contribution in [0, 0.1) is 6.92 Å². The van der Waals surface area contributed by atoms with Crippen molar-refractivity contribution in [3.63, 3.8) is 0 Å². The Kier molecular flexibility index (Phi) is 7.28. The maximum Gasteiger partial charge on any atom is 0.266 e. The Hall–Kier alpha value is -4.03. The summed E-state index contributed by atoms with van der Waals surface area (Å²) in [5.74, 6) is 0.531. The molecule has 0 aliphatic rings. The molecule has 0 saturated heterocycles. The number of para-hydroxylation sites is 1. The average Bonchev–Trinajstić information content (AvgIpc) is 3.47. The van der Waals surface area contributed by atoms with E-state index in [0.717, 1.165) is 16.8 Å². The van der Waals surface area contributed by atoms with Crippen LogP contribution in [0.3, 0.4) is 0 Å². The molecule has 0 fully saturated rings. The Morgan fingerprint density at radius 3 is 2.38 bits per heavy atom. The van der Waals surface area contributed by atoms with Crippen molar-refractivity contribution < 1.29 is 4.79 Å². The van der Waals surface area contributed by atoms with Crippen molar-refractivity contribution in [2.45, 2.75) is 32.7 Å².